The lowest BCUT2D eigenvalue weighted by Crippen LogP contribution is -2.34. The summed E-state index contributed by atoms with van der Waals surface area (Å²) < 4.78 is 7.93. The summed E-state index contributed by atoms with van der Waals surface area (Å²) in [5.74, 6) is 0.674. The molecule has 1 atom stereocenters. The van der Waals surface area contributed by atoms with Crippen LogP contribution < -0.4 is 5.32 Å². The van der Waals surface area contributed by atoms with Crippen molar-refractivity contribution in [2.75, 3.05) is 25.0 Å². The third-order valence-corrected chi connectivity index (χ3v) is 7.57. The van der Waals surface area contributed by atoms with Crippen LogP contribution in [0.5, 0.6) is 0 Å². The number of rotatable bonds is 6. The zero-order valence-electron chi connectivity index (χ0n) is 18.3. The minimum atomic E-state index is -0.0970. The second kappa shape index (κ2) is 9.98. The van der Waals surface area contributed by atoms with E-state index < -0.39 is 0 Å². The first-order valence-electron chi connectivity index (χ1n) is 11.6. The number of carbonyl (C=O) groups is 1. The van der Waals surface area contributed by atoms with Crippen molar-refractivity contribution in [1.29, 1.82) is 0 Å². The van der Waals surface area contributed by atoms with Gasteiger partial charge in [0.05, 0.1) is 18.3 Å². The maximum Gasteiger partial charge on any atom is 0.256 e. The summed E-state index contributed by atoms with van der Waals surface area (Å²) >= 11 is 1.91. The fraction of sp³-hybridized carbons (Fsp3) is 0.440. The van der Waals surface area contributed by atoms with Crippen LogP contribution in [0, 0.1) is 0 Å². The highest BCUT2D eigenvalue weighted by Crippen LogP contribution is 2.34. The number of aromatic nitrogens is 2. The SMILES string of the molecule is O=C(Nc1ccnn1C1CCN(Cc2ccc([C@H]3CCCCO3)s2)CC1)c1ccccc1. The quantitative estimate of drug-likeness (QED) is 0.555. The number of piperidine rings is 1. The highest BCUT2D eigenvalue weighted by Gasteiger charge is 2.24. The molecule has 0 bridgehead atoms. The van der Waals surface area contributed by atoms with Gasteiger partial charge in [0.15, 0.2) is 0 Å². The fourth-order valence-corrected chi connectivity index (χ4v) is 5.78. The standard InChI is InChI=1S/C25H30N4O2S/c30-25(19-6-2-1-3-7-19)27-24-11-14-26-29(24)20-12-15-28(16-13-20)18-21-9-10-23(32-21)22-8-4-5-17-31-22/h1-3,6-7,9-11,14,20,22H,4-5,8,12-13,15-18H2,(H,27,30)/t22-/m1/s1. The Morgan fingerprint density at radius 3 is 2.69 bits per heavy atom. The molecule has 4 heterocycles. The van der Waals surface area contributed by atoms with E-state index in [2.05, 4.69) is 27.4 Å². The molecule has 1 amide bonds. The van der Waals surface area contributed by atoms with Crippen molar-refractivity contribution >= 4 is 23.1 Å². The van der Waals surface area contributed by atoms with E-state index in [-0.39, 0.29) is 5.91 Å². The van der Waals surface area contributed by atoms with Gasteiger partial charge in [-0.25, -0.2) is 4.68 Å². The van der Waals surface area contributed by atoms with Crippen molar-refractivity contribution in [1.82, 2.24) is 14.7 Å². The van der Waals surface area contributed by atoms with Crippen molar-refractivity contribution in [2.24, 2.45) is 0 Å². The van der Waals surface area contributed by atoms with Crippen LogP contribution in [0.25, 0.3) is 0 Å². The largest absolute Gasteiger partial charge is 0.373 e. The van der Waals surface area contributed by atoms with Gasteiger partial charge >= 0.3 is 0 Å². The van der Waals surface area contributed by atoms with Crippen LogP contribution in [0.1, 0.15) is 64.4 Å². The molecule has 0 saturated carbocycles. The van der Waals surface area contributed by atoms with Gasteiger partial charge in [0.25, 0.3) is 5.91 Å². The van der Waals surface area contributed by atoms with Crippen molar-refractivity contribution in [2.45, 2.75) is 50.8 Å². The van der Waals surface area contributed by atoms with E-state index in [1.165, 1.54) is 22.6 Å². The average Bonchev–Trinajstić information content (AvgIpc) is 3.51. The lowest BCUT2D eigenvalue weighted by molar-refractivity contribution is 0.0172. The molecule has 2 fully saturated rings. The predicted octanol–water partition coefficient (Wildman–Crippen LogP) is 5.28. The van der Waals surface area contributed by atoms with Gasteiger partial charge in [-0.2, -0.15) is 5.10 Å². The lowest BCUT2D eigenvalue weighted by Gasteiger charge is -2.32. The summed E-state index contributed by atoms with van der Waals surface area (Å²) in [5.41, 5.74) is 0.656. The van der Waals surface area contributed by atoms with E-state index in [0.29, 0.717) is 17.7 Å². The molecule has 3 aromatic rings. The Morgan fingerprint density at radius 1 is 1.06 bits per heavy atom. The number of amides is 1. The summed E-state index contributed by atoms with van der Waals surface area (Å²) in [7, 11) is 0. The van der Waals surface area contributed by atoms with E-state index in [1.54, 1.807) is 6.20 Å². The number of carbonyl (C=O) groups excluding carboxylic acids is 1. The molecule has 0 unspecified atom stereocenters. The number of benzene rings is 1. The fourth-order valence-electron chi connectivity index (χ4n) is 4.64. The second-order valence-corrected chi connectivity index (χ2v) is 9.85. The average molecular weight is 451 g/mol. The Morgan fingerprint density at radius 2 is 1.91 bits per heavy atom. The molecular weight excluding hydrogens is 420 g/mol. The van der Waals surface area contributed by atoms with E-state index in [9.17, 15) is 4.79 Å². The van der Waals surface area contributed by atoms with Gasteiger partial charge in [-0.05, 0) is 56.4 Å². The first kappa shape index (κ1) is 21.4. The minimum Gasteiger partial charge on any atom is -0.373 e. The minimum absolute atomic E-state index is 0.0970. The maximum absolute atomic E-state index is 12.6. The first-order chi connectivity index (χ1) is 15.8. The van der Waals surface area contributed by atoms with Gasteiger partial charge in [0, 0.05) is 47.6 Å². The van der Waals surface area contributed by atoms with Crippen molar-refractivity contribution in [3.8, 4) is 0 Å². The number of anilines is 1. The van der Waals surface area contributed by atoms with Crippen LogP contribution >= 0.6 is 11.3 Å². The van der Waals surface area contributed by atoms with Gasteiger partial charge in [-0.1, -0.05) is 18.2 Å². The first-order valence-corrected chi connectivity index (χ1v) is 12.4. The van der Waals surface area contributed by atoms with Crippen LogP contribution in [0.3, 0.4) is 0 Å². The molecule has 0 spiro atoms. The van der Waals surface area contributed by atoms with Gasteiger partial charge < -0.3 is 10.1 Å². The van der Waals surface area contributed by atoms with Crippen molar-refractivity contribution < 1.29 is 9.53 Å². The number of ether oxygens (including phenoxy) is 1. The normalized spacial score (nSPS) is 20.3. The second-order valence-electron chi connectivity index (χ2n) is 8.65. The molecule has 2 aromatic heterocycles. The summed E-state index contributed by atoms with van der Waals surface area (Å²) in [5, 5.41) is 7.55. The topological polar surface area (TPSA) is 59.4 Å². The molecule has 6 nitrogen and oxygen atoms in total. The summed E-state index contributed by atoms with van der Waals surface area (Å²) in [6.45, 7) is 3.96. The number of nitrogens with zero attached hydrogens (tertiary/aromatic N) is 3. The van der Waals surface area contributed by atoms with Gasteiger partial charge in [0.1, 0.15) is 5.82 Å². The summed E-state index contributed by atoms with van der Waals surface area (Å²) in [4.78, 5) is 17.9. The molecule has 2 aliphatic rings. The lowest BCUT2D eigenvalue weighted by atomic mass is 10.1. The maximum atomic E-state index is 12.6. The van der Waals surface area contributed by atoms with E-state index >= 15 is 0 Å². The number of nitrogens with one attached hydrogen (secondary N) is 1. The molecular formula is C25H30N4O2S. The van der Waals surface area contributed by atoms with Crippen LogP contribution in [-0.2, 0) is 11.3 Å². The Balaban J connectivity index is 1.15. The van der Waals surface area contributed by atoms with Crippen LogP contribution in [0.4, 0.5) is 5.82 Å². The molecule has 5 rings (SSSR count). The zero-order chi connectivity index (χ0) is 21.8. The molecule has 7 heteroatoms. The van der Waals surface area contributed by atoms with Gasteiger partial charge in [0.2, 0.25) is 0 Å². The van der Waals surface area contributed by atoms with Gasteiger partial charge in [-0.3, -0.25) is 9.69 Å². The number of thiophene rings is 1. The Kier molecular flexibility index (Phi) is 6.67. The molecule has 2 aliphatic heterocycles. The van der Waals surface area contributed by atoms with Gasteiger partial charge in [-0.15, -0.1) is 11.3 Å². The number of hydrogen-bond donors (Lipinski definition) is 1. The Labute approximate surface area is 193 Å². The molecule has 1 N–H and O–H groups in total. The highest BCUT2D eigenvalue weighted by atomic mass is 32.1. The third-order valence-electron chi connectivity index (χ3n) is 6.41. The highest BCUT2D eigenvalue weighted by molar-refractivity contribution is 7.12. The monoisotopic (exact) mass is 450 g/mol. The van der Waals surface area contributed by atoms with Crippen molar-refractivity contribution in [3.05, 3.63) is 70.0 Å². The molecule has 2 saturated heterocycles. The number of likely N-dealkylation sites (tertiary alicyclic amines) is 1. The number of hydrogen-bond acceptors (Lipinski definition) is 5. The summed E-state index contributed by atoms with van der Waals surface area (Å²) in [6.07, 6.45) is 7.74. The van der Waals surface area contributed by atoms with E-state index in [1.807, 2.05) is 52.4 Å². The smallest absolute Gasteiger partial charge is 0.256 e. The Hall–Kier alpha value is -2.48. The molecule has 0 radical (unpaired) electrons. The predicted molar refractivity (Wildman–Crippen MR) is 127 cm³/mol. The zero-order valence-corrected chi connectivity index (χ0v) is 19.1. The van der Waals surface area contributed by atoms with E-state index in [4.69, 9.17) is 4.74 Å². The van der Waals surface area contributed by atoms with E-state index in [0.717, 1.165) is 51.3 Å². The van der Waals surface area contributed by atoms with Crippen LogP contribution in [-0.4, -0.2) is 40.3 Å². The van der Waals surface area contributed by atoms with Crippen LogP contribution in [0.2, 0.25) is 0 Å². The molecule has 0 aliphatic carbocycles. The Bertz CT molecular complexity index is 1020. The summed E-state index contributed by atoms with van der Waals surface area (Å²) in [6, 6.07) is 16.0. The molecule has 168 valence electrons. The molecule has 1 aromatic carbocycles. The third kappa shape index (κ3) is 4.95. The van der Waals surface area contributed by atoms with Crippen molar-refractivity contribution in [3.63, 3.8) is 0 Å². The van der Waals surface area contributed by atoms with Crippen LogP contribution in [0.15, 0.2) is 54.7 Å². The molecule has 32 heavy (non-hydrogen) atoms.